The third-order valence-corrected chi connectivity index (χ3v) is 8.14. The molecule has 0 heterocycles. The predicted octanol–water partition coefficient (Wildman–Crippen LogP) is 12.2. The van der Waals surface area contributed by atoms with Crippen molar-refractivity contribution in [3.63, 3.8) is 0 Å². The third kappa shape index (κ3) is 10.0. The molecule has 9 rings (SSSR count). The van der Waals surface area contributed by atoms with E-state index in [1.54, 1.807) is 0 Å². The molecule has 4 heteroatoms. The molecule has 0 saturated heterocycles. The minimum atomic E-state index is -0.442. The molecule has 3 aliphatic rings. The fourth-order valence-corrected chi connectivity index (χ4v) is 6.19. The first kappa shape index (κ1) is 43.0. The van der Waals surface area contributed by atoms with Gasteiger partial charge in [-0.15, -0.1) is 0 Å². The van der Waals surface area contributed by atoms with E-state index >= 15 is 0 Å². The van der Waals surface area contributed by atoms with Crippen LogP contribution in [0, 0.1) is 0 Å². The topological polar surface area (TPSA) is 100 Å². The molecule has 0 atom stereocenters. The van der Waals surface area contributed by atoms with E-state index in [0.29, 0.717) is 0 Å². The zero-order valence-electron chi connectivity index (χ0n) is 35.5. The smallest absolute Gasteiger partial charge is 0.194 e. The average molecular weight is 706 g/mol. The van der Waals surface area contributed by atoms with Gasteiger partial charge in [0, 0.05) is 15.2 Å². The van der Waals surface area contributed by atoms with Crippen LogP contribution in [0.1, 0.15) is 112 Å². The molecule has 6 aromatic carbocycles. The van der Waals surface area contributed by atoms with E-state index in [2.05, 4.69) is 60.7 Å². The Kier molecular flexibility index (Phi) is 20.0. The van der Waals surface area contributed by atoms with Gasteiger partial charge < -0.3 is 16.1 Å². The van der Waals surface area contributed by atoms with Crippen molar-refractivity contribution in [3.05, 3.63) is 179 Å². The van der Waals surface area contributed by atoms with E-state index in [4.69, 9.17) is 4.11 Å². The van der Waals surface area contributed by atoms with Gasteiger partial charge in [-0.2, -0.15) is 0 Å². The van der Waals surface area contributed by atoms with Gasteiger partial charge in [0.2, 0.25) is 0 Å². The van der Waals surface area contributed by atoms with Crippen LogP contribution in [0.25, 0.3) is 33.4 Å². The Morgan fingerprint density at radius 1 is 0.423 bits per heavy atom. The first-order chi connectivity index (χ1) is 26.2. The lowest BCUT2D eigenvalue weighted by molar-refractivity contribution is 0.104. The lowest BCUT2D eigenvalue weighted by Crippen LogP contribution is -1.93. The Morgan fingerprint density at radius 3 is 1.02 bits per heavy atom. The monoisotopic (exact) mass is 705 g/mol. The van der Waals surface area contributed by atoms with E-state index in [9.17, 15) is 9.90 Å². The molecule has 0 spiro atoms. The first-order valence-electron chi connectivity index (χ1n) is 20.0. The fraction of sp³-hybridized carbons (Fsp3) is 0.229. The molecule has 0 amide bonds. The van der Waals surface area contributed by atoms with Crippen LogP contribution in [0.4, 0.5) is 0 Å². The zero-order valence-corrected chi connectivity index (χ0v) is 32.5. The largest absolute Gasteiger partial charge is 0.412 e. The summed E-state index contributed by atoms with van der Waals surface area (Å²) in [6.07, 6.45) is 0.661. The molecular weight excluding hydrogens is 641 g/mol. The molecule has 0 fully saturated rings. The van der Waals surface area contributed by atoms with Crippen LogP contribution in [-0.2, 0) is 6.42 Å². The summed E-state index contributed by atoms with van der Waals surface area (Å²) in [4.78, 5) is 11.9. The lowest BCUT2D eigenvalue weighted by atomic mass is 10.1. The van der Waals surface area contributed by atoms with E-state index in [1.165, 1.54) is 44.5 Å². The van der Waals surface area contributed by atoms with Crippen LogP contribution >= 0.6 is 0 Å². The van der Waals surface area contributed by atoms with Crippen molar-refractivity contribution in [3.8, 4) is 33.4 Å². The summed E-state index contributed by atoms with van der Waals surface area (Å²) in [5.74, 6) is 0.149. The van der Waals surface area contributed by atoms with Crippen LogP contribution in [0.15, 0.2) is 146 Å². The highest BCUT2D eigenvalue weighted by Gasteiger charge is 2.26. The minimum absolute atomic E-state index is 0. The minimum Gasteiger partial charge on any atom is -0.412 e. The molecular formula is C48H62O4. The standard InChI is InChI=1S/C13H10O.C13H8O.C13H10.3C2H6.3CH4.2H2O/c2*14-13-11-7-3-1-5-9(11)10-6-2-4-8-12(10)13;1-3-7-12-10(5-1)9-11-6-2-4-8-13(11)12;3*1-2;;;;;/h1-8,13-14H;1-8H;1-8H,9H2;3*1-2H3;3*1H4;2*1H2/i;;;;;;3*1D;;. The SMILES string of the molecule is CC.CC.CC.O.O.O=C1c2ccccc2-c2ccccc21.OC1c2ccccc2-c2ccccc21.[2H]C.[2H]C.[2H]C.c1ccc2c(c1)Cc1ccccc1-2. The number of hydrogen-bond donors (Lipinski definition) is 1. The van der Waals surface area contributed by atoms with Crippen LogP contribution in [0.3, 0.4) is 0 Å². The van der Waals surface area contributed by atoms with Crippen molar-refractivity contribution in [2.24, 2.45) is 0 Å². The van der Waals surface area contributed by atoms with Gasteiger partial charge in [-0.05, 0) is 62.1 Å². The first-order valence-corrected chi connectivity index (χ1v) is 17.0. The van der Waals surface area contributed by atoms with E-state index in [0.717, 1.165) is 50.9 Å². The number of aliphatic hydroxyl groups is 1. The molecule has 6 aromatic rings. The Hall–Kier alpha value is -5.13. The van der Waals surface area contributed by atoms with Crippen molar-refractivity contribution in [1.29, 1.82) is 0 Å². The number of aliphatic hydroxyl groups excluding tert-OH is 1. The highest BCUT2D eigenvalue weighted by molar-refractivity contribution is 6.21. The summed E-state index contributed by atoms with van der Waals surface area (Å²) in [7, 11) is 3.75. The summed E-state index contributed by atoms with van der Waals surface area (Å²) in [6.45, 7) is 12.0. The second kappa shape index (κ2) is 24.1. The fourth-order valence-electron chi connectivity index (χ4n) is 6.19. The van der Waals surface area contributed by atoms with Gasteiger partial charge >= 0.3 is 0 Å². The van der Waals surface area contributed by atoms with Gasteiger partial charge in [0.1, 0.15) is 6.10 Å². The molecule has 0 bridgehead atoms. The number of benzene rings is 6. The lowest BCUT2D eigenvalue weighted by Gasteiger charge is -2.03. The average Bonchev–Trinajstić information content (AvgIpc) is 3.90. The van der Waals surface area contributed by atoms with E-state index in [-0.39, 0.29) is 16.7 Å². The normalized spacial score (nSPS) is 10.9. The number of carbonyl (C=O) groups excluding carboxylic acids is 1. The molecule has 0 saturated carbocycles. The second-order valence-electron chi connectivity index (χ2n) is 10.5. The van der Waals surface area contributed by atoms with Gasteiger partial charge in [0.05, 0.1) is 0 Å². The van der Waals surface area contributed by atoms with Crippen LogP contribution in [-0.4, -0.2) is 21.8 Å². The van der Waals surface area contributed by atoms with Gasteiger partial charge in [-0.25, -0.2) is 0 Å². The Bertz CT molecular complexity index is 1800. The molecule has 0 radical (unpaired) electrons. The van der Waals surface area contributed by atoms with Gasteiger partial charge in [0.15, 0.2) is 5.78 Å². The summed E-state index contributed by atoms with van der Waals surface area (Å²) in [6, 6.07) is 48.9. The number of ketones is 1. The summed E-state index contributed by atoms with van der Waals surface area (Å²) in [5.41, 5.74) is 13.9. The molecule has 5 N–H and O–H groups in total. The van der Waals surface area contributed by atoms with Crippen molar-refractivity contribution < 1.29 is 25.0 Å². The highest BCUT2D eigenvalue weighted by atomic mass is 16.3. The quantitative estimate of drug-likeness (QED) is 0.170. The second-order valence-corrected chi connectivity index (χ2v) is 10.5. The van der Waals surface area contributed by atoms with E-state index in [1.807, 2.05) is 126 Å². The molecule has 4 nitrogen and oxygen atoms in total. The zero-order chi connectivity index (χ0) is 39.8. The summed E-state index contributed by atoms with van der Waals surface area (Å²) >= 11 is 0. The van der Waals surface area contributed by atoms with Crippen LogP contribution in [0.5, 0.6) is 0 Å². The maximum Gasteiger partial charge on any atom is 0.194 e. The van der Waals surface area contributed by atoms with Crippen molar-refractivity contribution in [2.45, 2.75) is 76.3 Å². The molecule has 52 heavy (non-hydrogen) atoms. The maximum absolute atomic E-state index is 11.9. The van der Waals surface area contributed by atoms with Crippen molar-refractivity contribution in [1.82, 2.24) is 0 Å². The molecule has 0 unspecified atom stereocenters. The maximum atomic E-state index is 11.9. The van der Waals surface area contributed by atoms with Crippen molar-refractivity contribution in [2.75, 3.05) is 0 Å². The molecule has 3 aliphatic carbocycles. The molecule has 0 aromatic heterocycles. The van der Waals surface area contributed by atoms with Crippen LogP contribution in [0.2, 0.25) is 0 Å². The van der Waals surface area contributed by atoms with Crippen molar-refractivity contribution >= 4 is 5.78 Å². The molecule has 0 aliphatic heterocycles. The van der Waals surface area contributed by atoms with E-state index < -0.39 is 6.10 Å². The van der Waals surface area contributed by atoms with Gasteiger partial charge in [0.25, 0.3) is 0 Å². The Labute approximate surface area is 318 Å². The number of fused-ring (bicyclic) bond motifs is 9. The molecule has 278 valence electrons. The number of rotatable bonds is 0. The number of hydrogen-bond acceptors (Lipinski definition) is 2. The van der Waals surface area contributed by atoms with Gasteiger partial charge in [-0.3, -0.25) is 4.79 Å². The number of carbonyl (C=O) groups is 1. The summed E-state index contributed by atoms with van der Waals surface area (Å²) < 4.78 is 17.2. The highest BCUT2D eigenvalue weighted by Crippen LogP contribution is 2.42. The summed E-state index contributed by atoms with van der Waals surface area (Å²) in [5, 5.41) is 10.0. The Balaban J connectivity index is 0. The van der Waals surface area contributed by atoms with Gasteiger partial charge in [-0.1, -0.05) is 209 Å². The predicted molar refractivity (Wildman–Crippen MR) is 227 cm³/mol. The Morgan fingerprint density at radius 2 is 0.673 bits per heavy atom. The third-order valence-electron chi connectivity index (χ3n) is 8.14. The van der Waals surface area contributed by atoms with Crippen LogP contribution < -0.4 is 0 Å².